The molecular weight excluding hydrogens is 232 g/mol. The normalized spacial score (nSPS) is 17.1. The van der Waals surface area contributed by atoms with E-state index in [0.29, 0.717) is 11.3 Å². The van der Waals surface area contributed by atoms with Gasteiger partial charge in [-0.3, -0.25) is 0 Å². The van der Waals surface area contributed by atoms with Crippen LogP contribution in [0.1, 0.15) is 24.5 Å². The van der Waals surface area contributed by atoms with Crippen LogP contribution in [0.2, 0.25) is 0 Å². The van der Waals surface area contributed by atoms with Crippen LogP contribution in [0.3, 0.4) is 0 Å². The van der Waals surface area contributed by atoms with Crippen molar-refractivity contribution in [1.82, 2.24) is 14.7 Å². The van der Waals surface area contributed by atoms with E-state index in [2.05, 4.69) is 10.3 Å². The Bertz CT molecular complexity index is 587. The molecule has 6 nitrogen and oxygen atoms in total. The number of aromatic nitrogens is 2. The molecule has 0 aromatic carbocycles. The SMILES string of the molecule is O=[N+]([O-])c1c(C2CCNCC2)nc2ccccn12. The monoisotopic (exact) mass is 246 g/mol. The van der Waals surface area contributed by atoms with Gasteiger partial charge < -0.3 is 15.4 Å². The van der Waals surface area contributed by atoms with E-state index in [1.807, 2.05) is 6.07 Å². The van der Waals surface area contributed by atoms with E-state index in [4.69, 9.17) is 0 Å². The number of pyridine rings is 1. The van der Waals surface area contributed by atoms with Crippen molar-refractivity contribution in [2.24, 2.45) is 0 Å². The predicted octanol–water partition coefficient (Wildman–Crippen LogP) is 1.71. The Morgan fingerprint density at radius 2 is 2.17 bits per heavy atom. The fourth-order valence-electron chi connectivity index (χ4n) is 2.55. The maximum atomic E-state index is 11.3. The Kier molecular flexibility index (Phi) is 2.71. The standard InChI is InChI=1S/C12H14N4O2/c17-16(18)12-11(9-4-6-13-7-5-9)14-10-3-1-2-8-15(10)12/h1-3,8-9,13H,4-7H2. The van der Waals surface area contributed by atoms with Crippen molar-refractivity contribution in [3.05, 3.63) is 40.2 Å². The first kappa shape index (κ1) is 11.2. The van der Waals surface area contributed by atoms with E-state index in [0.717, 1.165) is 25.9 Å². The second-order valence-corrected chi connectivity index (χ2v) is 4.53. The van der Waals surface area contributed by atoms with E-state index >= 15 is 0 Å². The first-order valence-electron chi connectivity index (χ1n) is 6.09. The first-order valence-corrected chi connectivity index (χ1v) is 6.09. The zero-order valence-corrected chi connectivity index (χ0v) is 9.87. The second-order valence-electron chi connectivity index (χ2n) is 4.53. The summed E-state index contributed by atoms with van der Waals surface area (Å²) in [5, 5.41) is 14.5. The van der Waals surface area contributed by atoms with Gasteiger partial charge in [0.05, 0.1) is 6.20 Å². The van der Waals surface area contributed by atoms with Crippen LogP contribution in [0, 0.1) is 10.1 Å². The lowest BCUT2D eigenvalue weighted by Crippen LogP contribution is -2.27. The molecule has 6 heteroatoms. The highest BCUT2D eigenvalue weighted by Crippen LogP contribution is 2.32. The molecule has 3 heterocycles. The number of nitrogens with one attached hydrogen (secondary N) is 1. The lowest BCUT2D eigenvalue weighted by molar-refractivity contribution is -0.391. The molecule has 0 radical (unpaired) electrons. The minimum Gasteiger partial charge on any atom is -0.358 e. The van der Waals surface area contributed by atoms with Crippen LogP contribution in [0.25, 0.3) is 5.65 Å². The number of hydrogen-bond acceptors (Lipinski definition) is 4. The molecule has 0 saturated carbocycles. The Labute approximate surface area is 104 Å². The highest BCUT2D eigenvalue weighted by Gasteiger charge is 2.29. The topological polar surface area (TPSA) is 72.5 Å². The summed E-state index contributed by atoms with van der Waals surface area (Å²) in [6.07, 6.45) is 3.51. The van der Waals surface area contributed by atoms with Gasteiger partial charge in [0, 0.05) is 12.0 Å². The fourth-order valence-corrected chi connectivity index (χ4v) is 2.55. The van der Waals surface area contributed by atoms with Gasteiger partial charge in [0.15, 0.2) is 0 Å². The smallest absolute Gasteiger partial charge is 0.351 e. The minimum absolute atomic E-state index is 0.123. The molecule has 0 spiro atoms. The third-order valence-electron chi connectivity index (χ3n) is 3.43. The summed E-state index contributed by atoms with van der Waals surface area (Å²) in [4.78, 5) is 15.4. The Hall–Kier alpha value is -1.95. The van der Waals surface area contributed by atoms with Crippen molar-refractivity contribution in [3.8, 4) is 0 Å². The molecule has 1 aliphatic rings. The van der Waals surface area contributed by atoms with Crippen LogP contribution in [-0.2, 0) is 0 Å². The van der Waals surface area contributed by atoms with Crippen LogP contribution in [0.15, 0.2) is 24.4 Å². The molecular formula is C12H14N4O2. The van der Waals surface area contributed by atoms with Crippen molar-refractivity contribution in [2.45, 2.75) is 18.8 Å². The van der Waals surface area contributed by atoms with Crippen LogP contribution in [0.4, 0.5) is 5.82 Å². The average molecular weight is 246 g/mol. The van der Waals surface area contributed by atoms with E-state index in [1.165, 1.54) is 0 Å². The Morgan fingerprint density at radius 3 is 2.89 bits per heavy atom. The molecule has 2 aromatic heterocycles. The van der Waals surface area contributed by atoms with Crippen molar-refractivity contribution in [1.29, 1.82) is 0 Å². The zero-order chi connectivity index (χ0) is 12.5. The summed E-state index contributed by atoms with van der Waals surface area (Å²) in [7, 11) is 0. The van der Waals surface area contributed by atoms with Gasteiger partial charge >= 0.3 is 5.82 Å². The molecule has 0 amide bonds. The van der Waals surface area contributed by atoms with E-state index in [1.54, 1.807) is 22.7 Å². The van der Waals surface area contributed by atoms with Gasteiger partial charge in [0.1, 0.15) is 5.69 Å². The molecule has 0 bridgehead atoms. The summed E-state index contributed by atoms with van der Waals surface area (Å²) < 4.78 is 1.57. The van der Waals surface area contributed by atoms with Crippen LogP contribution < -0.4 is 5.32 Å². The van der Waals surface area contributed by atoms with Gasteiger partial charge in [-0.2, -0.15) is 4.40 Å². The number of hydrogen-bond donors (Lipinski definition) is 1. The molecule has 0 aliphatic carbocycles. The highest BCUT2D eigenvalue weighted by molar-refractivity contribution is 5.50. The molecule has 1 saturated heterocycles. The fraction of sp³-hybridized carbons (Fsp3) is 0.417. The highest BCUT2D eigenvalue weighted by atomic mass is 16.6. The number of imidazole rings is 1. The average Bonchev–Trinajstić information content (AvgIpc) is 2.79. The quantitative estimate of drug-likeness (QED) is 0.646. The number of nitro groups is 1. The van der Waals surface area contributed by atoms with Gasteiger partial charge in [-0.05, 0) is 36.9 Å². The van der Waals surface area contributed by atoms with Crippen molar-refractivity contribution < 1.29 is 4.92 Å². The maximum Gasteiger partial charge on any atom is 0.351 e. The Balaban J connectivity index is 2.14. The van der Waals surface area contributed by atoms with Gasteiger partial charge in [-0.25, -0.2) is 4.98 Å². The molecule has 94 valence electrons. The summed E-state index contributed by atoms with van der Waals surface area (Å²) >= 11 is 0. The maximum absolute atomic E-state index is 11.3. The lowest BCUT2D eigenvalue weighted by atomic mass is 9.94. The molecule has 0 atom stereocenters. The van der Waals surface area contributed by atoms with Crippen LogP contribution in [0.5, 0.6) is 0 Å². The van der Waals surface area contributed by atoms with Crippen molar-refractivity contribution in [2.75, 3.05) is 13.1 Å². The number of rotatable bonds is 2. The molecule has 18 heavy (non-hydrogen) atoms. The van der Waals surface area contributed by atoms with Crippen LogP contribution >= 0.6 is 0 Å². The van der Waals surface area contributed by atoms with Crippen molar-refractivity contribution >= 4 is 11.5 Å². The summed E-state index contributed by atoms with van der Waals surface area (Å²) in [6, 6.07) is 5.43. The Morgan fingerprint density at radius 1 is 1.39 bits per heavy atom. The number of fused-ring (bicyclic) bond motifs is 1. The van der Waals surface area contributed by atoms with E-state index in [9.17, 15) is 10.1 Å². The lowest BCUT2D eigenvalue weighted by Gasteiger charge is -2.20. The zero-order valence-electron chi connectivity index (χ0n) is 9.87. The summed E-state index contributed by atoms with van der Waals surface area (Å²) in [5.74, 6) is 0.309. The molecule has 1 aliphatic heterocycles. The van der Waals surface area contributed by atoms with Gasteiger partial charge in [0.2, 0.25) is 5.65 Å². The number of piperidine rings is 1. The van der Waals surface area contributed by atoms with Crippen LogP contribution in [-0.4, -0.2) is 27.4 Å². The van der Waals surface area contributed by atoms with Gasteiger partial charge in [-0.15, -0.1) is 0 Å². The molecule has 1 fully saturated rings. The largest absolute Gasteiger partial charge is 0.358 e. The molecule has 0 unspecified atom stereocenters. The number of nitrogens with zero attached hydrogens (tertiary/aromatic N) is 3. The third kappa shape index (κ3) is 1.74. The van der Waals surface area contributed by atoms with Gasteiger partial charge in [0.25, 0.3) is 0 Å². The molecule has 2 aromatic rings. The second kappa shape index (κ2) is 4.38. The molecule has 3 rings (SSSR count). The van der Waals surface area contributed by atoms with E-state index < -0.39 is 0 Å². The van der Waals surface area contributed by atoms with Crippen molar-refractivity contribution in [3.63, 3.8) is 0 Å². The predicted molar refractivity (Wildman–Crippen MR) is 66.7 cm³/mol. The summed E-state index contributed by atoms with van der Waals surface area (Å²) in [6.45, 7) is 1.80. The summed E-state index contributed by atoms with van der Waals surface area (Å²) in [5.41, 5.74) is 1.28. The van der Waals surface area contributed by atoms with Gasteiger partial charge in [-0.1, -0.05) is 6.07 Å². The minimum atomic E-state index is -0.322. The molecule has 1 N–H and O–H groups in total. The third-order valence-corrected chi connectivity index (χ3v) is 3.43. The van der Waals surface area contributed by atoms with E-state index in [-0.39, 0.29) is 16.7 Å². The first-order chi connectivity index (χ1) is 8.77.